The SMILES string of the molecule is COC(=O)CCS(=O)(=O)NCc1ccc(CO)cc1. The van der Waals surface area contributed by atoms with Crippen LogP contribution < -0.4 is 4.72 Å². The van der Waals surface area contributed by atoms with Gasteiger partial charge in [0.1, 0.15) is 0 Å². The zero-order valence-electron chi connectivity index (χ0n) is 10.6. The number of ether oxygens (including phenoxy) is 1. The van der Waals surface area contributed by atoms with E-state index in [2.05, 4.69) is 9.46 Å². The molecule has 106 valence electrons. The van der Waals surface area contributed by atoms with E-state index in [1.54, 1.807) is 24.3 Å². The molecule has 0 aliphatic rings. The number of carbonyl (C=O) groups is 1. The summed E-state index contributed by atoms with van der Waals surface area (Å²) in [5, 5.41) is 8.88. The van der Waals surface area contributed by atoms with Gasteiger partial charge in [0.05, 0.1) is 25.9 Å². The summed E-state index contributed by atoms with van der Waals surface area (Å²) in [6.45, 7) is 0.0976. The number of nitrogens with one attached hydrogen (secondary N) is 1. The predicted octanol–water partition coefficient (Wildman–Crippen LogP) is 0.161. The lowest BCUT2D eigenvalue weighted by Gasteiger charge is -2.06. The fraction of sp³-hybridized carbons (Fsp3) is 0.417. The average Bonchev–Trinajstić information content (AvgIpc) is 2.43. The molecule has 1 aromatic rings. The van der Waals surface area contributed by atoms with Crippen molar-refractivity contribution >= 4 is 16.0 Å². The molecule has 0 atom stereocenters. The van der Waals surface area contributed by atoms with E-state index in [4.69, 9.17) is 5.11 Å². The third-order valence-corrected chi connectivity index (χ3v) is 3.83. The molecule has 0 fully saturated rings. The van der Waals surface area contributed by atoms with E-state index in [0.29, 0.717) is 0 Å². The van der Waals surface area contributed by atoms with Crippen molar-refractivity contribution in [2.24, 2.45) is 0 Å². The molecule has 6 nitrogen and oxygen atoms in total. The van der Waals surface area contributed by atoms with Gasteiger partial charge in [0.15, 0.2) is 0 Å². The highest BCUT2D eigenvalue weighted by atomic mass is 32.2. The Kier molecular flexibility index (Phi) is 5.94. The molecule has 0 amide bonds. The first-order valence-corrected chi connectivity index (χ1v) is 7.35. The zero-order valence-corrected chi connectivity index (χ0v) is 11.4. The Morgan fingerprint density at radius 2 is 1.84 bits per heavy atom. The minimum atomic E-state index is -3.50. The summed E-state index contributed by atoms with van der Waals surface area (Å²) in [6, 6.07) is 6.90. The van der Waals surface area contributed by atoms with Gasteiger partial charge in [-0.3, -0.25) is 4.79 Å². The van der Waals surface area contributed by atoms with Crippen molar-refractivity contribution in [3.8, 4) is 0 Å². The molecule has 0 saturated heterocycles. The van der Waals surface area contributed by atoms with Crippen molar-refractivity contribution in [3.63, 3.8) is 0 Å². The van der Waals surface area contributed by atoms with Crippen LogP contribution in [0.2, 0.25) is 0 Å². The van der Waals surface area contributed by atoms with Crippen LogP contribution in [-0.2, 0) is 32.7 Å². The summed E-state index contributed by atoms with van der Waals surface area (Å²) in [7, 11) is -2.29. The van der Waals surface area contributed by atoms with Crippen molar-refractivity contribution in [2.75, 3.05) is 12.9 Å². The van der Waals surface area contributed by atoms with Crippen LogP contribution in [0.1, 0.15) is 17.5 Å². The molecule has 0 aliphatic heterocycles. The van der Waals surface area contributed by atoms with Crippen LogP contribution in [0.25, 0.3) is 0 Å². The second-order valence-corrected chi connectivity index (χ2v) is 5.87. The lowest BCUT2D eigenvalue weighted by molar-refractivity contribution is -0.140. The number of hydrogen-bond donors (Lipinski definition) is 2. The van der Waals surface area contributed by atoms with Crippen LogP contribution in [0.5, 0.6) is 0 Å². The fourth-order valence-electron chi connectivity index (χ4n) is 1.35. The summed E-state index contributed by atoms with van der Waals surface area (Å²) >= 11 is 0. The highest BCUT2D eigenvalue weighted by Crippen LogP contribution is 2.05. The molecule has 0 aromatic heterocycles. The summed E-state index contributed by atoms with van der Waals surface area (Å²) < 4.78 is 30.0. The number of hydrogen-bond acceptors (Lipinski definition) is 5. The van der Waals surface area contributed by atoms with Crippen LogP contribution in [-0.4, -0.2) is 32.4 Å². The van der Waals surface area contributed by atoms with Gasteiger partial charge in [-0.25, -0.2) is 13.1 Å². The molecule has 0 saturated carbocycles. The van der Waals surface area contributed by atoms with E-state index in [1.165, 1.54) is 7.11 Å². The molecule has 7 heteroatoms. The molecule has 1 aromatic carbocycles. The fourth-order valence-corrected chi connectivity index (χ4v) is 2.31. The number of methoxy groups -OCH3 is 1. The quantitative estimate of drug-likeness (QED) is 0.697. The maximum Gasteiger partial charge on any atom is 0.306 e. The van der Waals surface area contributed by atoms with Crippen molar-refractivity contribution < 1.29 is 23.1 Å². The Balaban J connectivity index is 2.47. The molecular formula is C12H17NO5S. The predicted molar refractivity (Wildman–Crippen MR) is 69.6 cm³/mol. The van der Waals surface area contributed by atoms with E-state index in [0.717, 1.165) is 11.1 Å². The van der Waals surface area contributed by atoms with Crippen molar-refractivity contribution in [1.82, 2.24) is 4.72 Å². The minimum absolute atomic E-state index is 0.0505. The maximum absolute atomic E-state index is 11.6. The lowest BCUT2D eigenvalue weighted by atomic mass is 10.1. The first-order chi connectivity index (χ1) is 8.96. The molecule has 0 unspecified atom stereocenters. The van der Waals surface area contributed by atoms with Crippen LogP contribution in [0.3, 0.4) is 0 Å². The van der Waals surface area contributed by atoms with E-state index in [9.17, 15) is 13.2 Å². The van der Waals surface area contributed by atoms with Crippen LogP contribution in [0.4, 0.5) is 0 Å². The van der Waals surface area contributed by atoms with Gasteiger partial charge in [-0.05, 0) is 11.1 Å². The van der Waals surface area contributed by atoms with Gasteiger partial charge >= 0.3 is 5.97 Å². The first-order valence-electron chi connectivity index (χ1n) is 5.69. The standard InChI is InChI=1S/C12H17NO5S/c1-18-12(15)6-7-19(16,17)13-8-10-2-4-11(9-14)5-3-10/h2-5,13-14H,6-9H2,1H3. The second-order valence-electron chi connectivity index (χ2n) is 3.94. The molecule has 0 aliphatic carbocycles. The van der Waals surface area contributed by atoms with Crippen LogP contribution in [0, 0.1) is 0 Å². The smallest absolute Gasteiger partial charge is 0.306 e. The molecule has 0 heterocycles. The molecule has 0 radical (unpaired) electrons. The highest BCUT2D eigenvalue weighted by molar-refractivity contribution is 7.89. The minimum Gasteiger partial charge on any atom is -0.469 e. The van der Waals surface area contributed by atoms with E-state index < -0.39 is 16.0 Å². The normalized spacial score (nSPS) is 11.3. The monoisotopic (exact) mass is 287 g/mol. The maximum atomic E-state index is 11.6. The van der Waals surface area contributed by atoms with Gasteiger partial charge in [0, 0.05) is 6.54 Å². The number of aliphatic hydroxyl groups is 1. The molecule has 0 bridgehead atoms. The Morgan fingerprint density at radius 1 is 1.26 bits per heavy atom. The topological polar surface area (TPSA) is 92.7 Å². The first kappa shape index (κ1) is 15.6. The van der Waals surface area contributed by atoms with Crippen molar-refractivity contribution in [2.45, 2.75) is 19.6 Å². The molecule has 2 N–H and O–H groups in total. The number of aliphatic hydroxyl groups excluding tert-OH is 1. The zero-order chi connectivity index (χ0) is 14.3. The Morgan fingerprint density at radius 3 is 2.37 bits per heavy atom. The van der Waals surface area contributed by atoms with Gasteiger partial charge in [0.25, 0.3) is 0 Å². The summed E-state index contributed by atoms with van der Waals surface area (Å²) in [6.07, 6.45) is -0.171. The third-order valence-electron chi connectivity index (χ3n) is 2.50. The Labute approximate surface area is 112 Å². The van der Waals surface area contributed by atoms with Gasteiger partial charge in [-0.1, -0.05) is 24.3 Å². The van der Waals surface area contributed by atoms with Crippen LogP contribution in [0.15, 0.2) is 24.3 Å². The highest BCUT2D eigenvalue weighted by Gasteiger charge is 2.13. The average molecular weight is 287 g/mol. The molecule has 1 rings (SSSR count). The Bertz CT molecular complexity index is 509. The summed E-state index contributed by atoms with van der Waals surface area (Å²) in [4.78, 5) is 10.9. The lowest BCUT2D eigenvalue weighted by Crippen LogP contribution is -2.27. The number of esters is 1. The summed E-state index contributed by atoms with van der Waals surface area (Å²) in [5.74, 6) is -0.855. The van der Waals surface area contributed by atoms with E-state index in [1.807, 2.05) is 0 Å². The second kappa shape index (κ2) is 7.22. The number of carbonyl (C=O) groups excluding carboxylic acids is 1. The number of rotatable bonds is 7. The molecule has 19 heavy (non-hydrogen) atoms. The number of sulfonamides is 1. The largest absolute Gasteiger partial charge is 0.469 e. The number of benzene rings is 1. The van der Waals surface area contributed by atoms with Crippen molar-refractivity contribution in [1.29, 1.82) is 0 Å². The van der Waals surface area contributed by atoms with Gasteiger partial charge < -0.3 is 9.84 Å². The molecule has 0 spiro atoms. The van der Waals surface area contributed by atoms with E-state index in [-0.39, 0.29) is 25.3 Å². The molecular weight excluding hydrogens is 270 g/mol. The van der Waals surface area contributed by atoms with Gasteiger partial charge in [-0.15, -0.1) is 0 Å². The third kappa shape index (κ3) is 5.82. The van der Waals surface area contributed by atoms with E-state index >= 15 is 0 Å². The van der Waals surface area contributed by atoms with Gasteiger partial charge in [-0.2, -0.15) is 0 Å². The van der Waals surface area contributed by atoms with Gasteiger partial charge in [0.2, 0.25) is 10.0 Å². The Hall–Kier alpha value is -1.44. The van der Waals surface area contributed by atoms with Crippen LogP contribution >= 0.6 is 0 Å². The van der Waals surface area contributed by atoms with Crippen molar-refractivity contribution in [3.05, 3.63) is 35.4 Å². The summed E-state index contributed by atoms with van der Waals surface area (Å²) in [5.41, 5.74) is 1.54.